The Labute approximate surface area is 226 Å². The van der Waals surface area contributed by atoms with Crippen molar-refractivity contribution in [3.05, 3.63) is 65.2 Å². The van der Waals surface area contributed by atoms with Crippen LogP contribution in [0.5, 0.6) is 0 Å². The Kier molecular flexibility index (Phi) is 5.94. The molecule has 1 saturated carbocycles. The SMILES string of the molecule is C=CC(=O)N1C[C@H](C)N(c2c(C)cnc3c(F)c(-c4c(C)ccc5cnn(C6CC6)c45)c(Cl)cc23)C[C@H]1C. The zero-order valence-electron chi connectivity index (χ0n) is 22.1. The molecule has 38 heavy (non-hydrogen) atoms. The fourth-order valence-electron chi connectivity index (χ4n) is 5.98. The molecule has 2 aromatic carbocycles. The van der Waals surface area contributed by atoms with Crippen molar-refractivity contribution in [2.75, 3.05) is 18.0 Å². The molecule has 0 N–H and O–H groups in total. The molecule has 4 aromatic rings. The molecule has 3 heterocycles. The van der Waals surface area contributed by atoms with E-state index in [-0.39, 0.29) is 18.0 Å². The summed E-state index contributed by atoms with van der Waals surface area (Å²) in [7, 11) is 0. The first-order chi connectivity index (χ1) is 18.2. The van der Waals surface area contributed by atoms with E-state index in [1.165, 1.54) is 6.08 Å². The van der Waals surface area contributed by atoms with Crippen LogP contribution in [-0.2, 0) is 4.79 Å². The monoisotopic (exact) mass is 531 g/mol. The number of halogens is 2. The van der Waals surface area contributed by atoms with Crippen molar-refractivity contribution in [1.82, 2.24) is 19.7 Å². The van der Waals surface area contributed by atoms with Gasteiger partial charge in [0.15, 0.2) is 5.82 Å². The number of aromatic nitrogens is 3. The molecule has 1 aliphatic carbocycles. The largest absolute Gasteiger partial charge is 0.364 e. The molecular formula is C30H31ClFN5O. The lowest BCUT2D eigenvalue weighted by Gasteiger charge is -2.45. The predicted molar refractivity (Wildman–Crippen MR) is 151 cm³/mol. The third-order valence-corrected chi connectivity index (χ3v) is 8.35. The maximum Gasteiger partial charge on any atom is 0.246 e. The van der Waals surface area contributed by atoms with Crippen LogP contribution in [0.25, 0.3) is 32.9 Å². The number of rotatable bonds is 4. The third-order valence-electron chi connectivity index (χ3n) is 8.05. The molecule has 2 aliphatic rings. The summed E-state index contributed by atoms with van der Waals surface area (Å²) in [6, 6.07) is 6.23. The highest BCUT2D eigenvalue weighted by Gasteiger charge is 2.34. The summed E-state index contributed by atoms with van der Waals surface area (Å²) in [5.74, 6) is -0.497. The lowest BCUT2D eigenvalue weighted by Crippen LogP contribution is -2.58. The van der Waals surface area contributed by atoms with E-state index >= 15 is 4.39 Å². The first kappa shape index (κ1) is 24.9. The van der Waals surface area contributed by atoms with Crippen molar-refractivity contribution in [2.45, 2.75) is 58.7 Å². The van der Waals surface area contributed by atoms with Crippen LogP contribution in [0.15, 0.2) is 43.2 Å². The highest BCUT2D eigenvalue weighted by molar-refractivity contribution is 6.35. The van der Waals surface area contributed by atoms with Gasteiger partial charge in [0.1, 0.15) is 5.52 Å². The van der Waals surface area contributed by atoms with Gasteiger partial charge in [-0.05, 0) is 63.8 Å². The van der Waals surface area contributed by atoms with E-state index in [2.05, 4.69) is 28.5 Å². The van der Waals surface area contributed by atoms with E-state index in [4.69, 9.17) is 11.6 Å². The molecule has 0 spiro atoms. The maximum absolute atomic E-state index is 16.6. The molecule has 2 atom stereocenters. The van der Waals surface area contributed by atoms with Gasteiger partial charge in [0, 0.05) is 53.3 Å². The number of anilines is 1. The Bertz CT molecular complexity index is 1620. The fraction of sp³-hybridized carbons (Fsp3) is 0.367. The fourth-order valence-corrected chi connectivity index (χ4v) is 6.26. The Morgan fingerprint density at radius 1 is 1.11 bits per heavy atom. The highest BCUT2D eigenvalue weighted by Crippen LogP contribution is 2.45. The summed E-state index contributed by atoms with van der Waals surface area (Å²) in [6.07, 6.45) is 7.09. The van der Waals surface area contributed by atoms with Gasteiger partial charge in [-0.3, -0.25) is 14.5 Å². The van der Waals surface area contributed by atoms with E-state index in [1.54, 1.807) is 6.20 Å². The Morgan fingerprint density at radius 2 is 1.87 bits per heavy atom. The topological polar surface area (TPSA) is 54.3 Å². The van der Waals surface area contributed by atoms with E-state index < -0.39 is 5.82 Å². The summed E-state index contributed by atoms with van der Waals surface area (Å²) in [6.45, 7) is 12.9. The van der Waals surface area contributed by atoms with Gasteiger partial charge >= 0.3 is 0 Å². The molecule has 2 fully saturated rings. The number of fused-ring (bicyclic) bond motifs is 2. The minimum atomic E-state index is -0.422. The zero-order chi connectivity index (χ0) is 26.9. The van der Waals surface area contributed by atoms with Gasteiger partial charge in [-0.2, -0.15) is 5.10 Å². The van der Waals surface area contributed by atoms with E-state index in [9.17, 15) is 4.79 Å². The predicted octanol–water partition coefficient (Wildman–Crippen LogP) is 6.61. The second-order valence-electron chi connectivity index (χ2n) is 10.8. The maximum atomic E-state index is 16.6. The number of hydrogen-bond donors (Lipinski definition) is 0. The molecular weight excluding hydrogens is 501 g/mol. The van der Waals surface area contributed by atoms with Crippen LogP contribution in [0, 0.1) is 19.7 Å². The number of aryl methyl sites for hydroxylation is 2. The minimum Gasteiger partial charge on any atom is -0.364 e. The standard InChI is InChI=1S/C30H31ClFN5O/c1-6-24(38)35-14-19(5)36(15-18(35)4)29-17(3)12-33-28-22(29)11-23(31)26(27(28)32)25-16(2)7-8-20-13-34-37(30(20)25)21-9-10-21/h6-8,11-13,18-19,21H,1,9-10,14-15H2,2-5H3/t18-,19+/m1/s1. The smallest absolute Gasteiger partial charge is 0.246 e. The number of amides is 1. The van der Waals surface area contributed by atoms with Crippen LogP contribution >= 0.6 is 11.6 Å². The van der Waals surface area contributed by atoms with E-state index in [1.807, 2.05) is 54.7 Å². The average Bonchev–Trinajstić information content (AvgIpc) is 3.64. The van der Waals surface area contributed by atoms with Gasteiger partial charge < -0.3 is 9.80 Å². The Hall–Kier alpha value is -3.45. The van der Waals surface area contributed by atoms with Gasteiger partial charge in [-0.25, -0.2) is 4.39 Å². The van der Waals surface area contributed by atoms with Gasteiger partial charge in [0.05, 0.1) is 28.5 Å². The van der Waals surface area contributed by atoms with Crippen molar-refractivity contribution in [2.24, 2.45) is 0 Å². The zero-order valence-corrected chi connectivity index (χ0v) is 22.9. The number of nitrogens with zero attached hydrogens (tertiary/aromatic N) is 5. The number of carbonyl (C=O) groups is 1. The van der Waals surface area contributed by atoms with Crippen LogP contribution in [0.1, 0.15) is 43.9 Å². The van der Waals surface area contributed by atoms with Crippen molar-refractivity contribution >= 4 is 45.0 Å². The molecule has 1 aliphatic heterocycles. The summed E-state index contributed by atoms with van der Waals surface area (Å²) >= 11 is 6.96. The van der Waals surface area contributed by atoms with Crippen molar-refractivity contribution in [3.63, 3.8) is 0 Å². The second-order valence-corrected chi connectivity index (χ2v) is 11.2. The van der Waals surface area contributed by atoms with Crippen LogP contribution in [0.2, 0.25) is 5.02 Å². The molecule has 0 bridgehead atoms. The van der Waals surface area contributed by atoms with Gasteiger partial charge in [-0.15, -0.1) is 0 Å². The van der Waals surface area contributed by atoms with Gasteiger partial charge in [0.25, 0.3) is 0 Å². The molecule has 6 nitrogen and oxygen atoms in total. The van der Waals surface area contributed by atoms with E-state index in [0.29, 0.717) is 40.6 Å². The van der Waals surface area contributed by atoms with Crippen LogP contribution in [-0.4, -0.2) is 50.7 Å². The third kappa shape index (κ3) is 3.78. The summed E-state index contributed by atoms with van der Waals surface area (Å²) in [5.41, 5.74) is 5.15. The lowest BCUT2D eigenvalue weighted by molar-refractivity contribution is -0.128. The first-order valence-electron chi connectivity index (χ1n) is 13.1. The Balaban J connectivity index is 1.53. The molecule has 1 amide bonds. The number of benzene rings is 2. The van der Waals surface area contributed by atoms with Crippen molar-refractivity contribution < 1.29 is 9.18 Å². The van der Waals surface area contributed by atoms with E-state index in [0.717, 1.165) is 46.1 Å². The number of carbonyl (C=O) groups excluding carboxylic acids is 1. The summed E-state index contributed by atoms with van der Waals surface area (Å²) in [5, 5.41) is 6.63. The van der Waals surface area contributed by atoms with Gasteiger partial charge in [0.2, 0.25) is 5.91 Å². The lowest BCUT2D eigenvalue weighted by atomic mass is 9.94. The second kappa shape index (κ2) is 9.09. The molecule has 0 unspecified atom stereocenters. The quantitative estimate of drug-likeness (QED) is 0.278. The van der Waals surface area contributed by atoms with Crippen LogP contribution in [0.3, 0.4) is 0 Å². The normalized spacial score (nSPS) is 19.9. The molecule has 0 radical (unpaired) electrons. The first-order valence-corrected chi connectivity index (χ1v) is 13.5. The van der Waals surface area contributed by atoms with Crippen LogP contribution in [0.4, 0.5) is 10.1 Å². The number of hydrogen-bond acceptors (Lipinski definition) is 4. The molecule has 196 valence electrons. The summed E-state index contributed by atoms with van der Waals surface area (Å²) < 4.78 is 18.6. The van der Waals surface area contributed by atoms with Gasteiger partial charge in [-0.1, -0.05) is 30.3 Å². The Morgan fingerprint density at radius 3 is 2.58 bits per heavy atom. The molecule has 1 saturated heterocycles. The minimum absolute atomic E-state index is 0.0183. The van der Waals surface area contributed by atoms with Crippen LogP contribution < -0.4 is 4.90 Å². The molecule has 2 aromatic heterocycles. The average molecular weight is 532 g/mol. The molecule has 6 rings (SSSR count). The highest BCUT2D eigenvalue weighted by atomic mass is 35.5. The van der Waals surface area contributed by atoms with Crippen molar-refractivity contribution in [1.29, 1.82) is 0 Å². The number of pyridine rings is 1. The summed E-state index contributed by atoms with van der Waals surface area (Å²) in [4.78, 5) is 21.0. The molecule has 8 heteroatoms. The number of piperazine rings is 1. The van der Waals surface area contributed by atoms with Crippen molar-refractivity contribution in [3.8, 4) is 11.1 Å².